The molecule has 0 aromatic heterocycles. The molecule has 4 nitrogen and oxygen atoms in total. The van der Waals surface area contributed by atoms with Gasteiger partial charge in [0.25, 0.3) is 0 Å². The van der Waals surface area contributed by atoms with Crippen molar-refractivity contribution in [1.82, 2.24) is 5.32 Å². The first kappa shape index (κ1) is 16.9. The fourth-order valence-corrected chi connectivity index (χ4v) is 1.91. The normalized spacial score (nSPS) is 10.8. The third-order valence-corrected chi connectivity index (χ3v) is 3.03. The summed E-state index contributed by atoms with van der Waals surface area (Å²) in [6.45, 7) is 5.50. The molecule has 0 amide bonds. The Bertz CT molecular complexity index is 388. The second-order valence-electron chi connectivity index (χ2n) is 4.66. The van der Waals surface area contributed by atoms with Crippen LogP contribution in [-0.4, -0.2) is 45.1 Å². The Labute approximate surface area is 120 Å². The van der Waals surface area contributed by atoms with E-state index >= 15 is 0 Å². The van der Waals surface area contributed by atoms with Crippen molar-refractivity contribution in [3.8, 4) is 0 Å². The van der Waals surface area contributed by atoms with Crippen molar-refractivity contribution in [2.45, 2.75) is 19.9 Å². The third kappa shape index (κ3) is 5.86. The lowest BCUT2D eigenvalue weighted by Crippen LogP contribution is -2.23. The van der Waals surface area contributed by atoms with Crippen LogP contribution in [0.5, 0.6) is 0 Å². The van der Waals surface area contributed by atoms with E-state index in [0.717, 1.165) is 31.7 Å². The molecule has 1 aromatic rings. The van der Waals surface area contributed by atoms with Crippen LogP contribution in [0.4, 0.5) is 10.1 Å². The molecule has 0 fully saturated rings. The zero-order valence-electron chi connectivity index (χ0n) is 12.4. The van der Waals surface area contributed by atoms with Crippen molar-refractivity contribution < 1.29 is 14.2 Å². The maximum Gasteiger partial charge on any atom is 0.146 e. The van der Waals surface area contributed by atoms with E-state index in [0.29, 0.717) is 18.8 Å². The summed E-state index contributed by atoms with van der Waals surface area (Å²) in [6, 6.07) is 5.07. The minimum Gasteiger partial charge on any atom is -0.395 e. The van der Waals surface area contributed by atoms with Gasteiger partial charge in [0.1, 0.15) is 5.82 Å². The Morgan fingerprint density at radius 3 is 2.90 bits per heavy atom. The topological polar surface area (TPSA) is 44.7 Å². The number of likely N-dealkylation sites (N-methyl/N-ethyl adjacent to an activating group) is 1. The lowest BCUT2D eigenvalue weighted by molar-refractivity contribution is 0.144. The Balaban J connectivity index is 2.44. The van der Waals surface area contributed by atoms with Gasteiger partial charge in [-0.25, -0.2) is 4.39 Å². The predicted molar refractivity (Wildman–Crippen MR) is 79.6 cm³/mol. The summed E-state index contributed by atoms with van der Waals surface area (Å²) in [5, 5.41) is 12.2. The summed E-state index contributed by atoms with van der Waals surface area (Å²) < 4.78 is 19.0. The Kier molecular flexibility index (Phi) is 8.18. The molecule has 0 aliphatic rings. The molecule has 0 atom stereocenters. The highest BCUT2D eigenvalue weighted by molar-refractivity contribution is 5.49. The van der Waals surface area contributed by atoms with Gasteiger partial charge in [-0.3, -0.25) is 0 Å². The molecule has 0 saturated heterocycles. The maximum atomic E-state index is 13.7. The van der Waals surface area contributed by atoms with Crippen molar-refractivity contribution in [3.05, 3.63) is 29.6 Å². The first-order valence-corrected chi connectivity index (χ1v) is 7.08. The number of nitrogens with one attached hydrogen (secondary N) is 1. The van der Waals surface area contributed by atoms with E-state index in [1.165, 1.54) is 6.07 Å². The van der Waals surface area contributed by atoms with E-state index in [1.54, 1.807) is 18.0 Å². The van der Waals surface area contributed by atoms with E-state index in [-0.39, 0.29) is 12.4 Å². The van der Waals surface area contributed by atoms with E-state index < -0.39 is 0 Å². The van der Waals surface area contributed by atoms with Gasteiger partial charge in [-0.05, 0) is 37.6 Å². The van der Waals surface area contributed by atoms with Gasteiger partial charge >= 0.3 is 0 Å². The number of hydrogen-bond acceptors (Lipinski definition) is 4. The largest absolute Gasteiger partial charge is 0.395 e. The molecule has 5 heteroatoms. The van der Waals surface area contributed by atoms with Crippen LogP contribution in [0.25, 0.3) is 0 Å². The van der Waals surface area contributed by atoms with Crippen molar-refractivity contribution in [2.75, 3.05) is 44.9 Å². The lowest BCUT2D eigenvalue weighted by Gasteiger charge is -2.19. The summed E-state index contributed by atoms with van der Waals surface area (Å²) >= 11 is 0. The van der Waals surface area contributed by atoms with Crippen LogP contribution < -0.4 is 10.2 Å². The quantitative estimate of drug-likeness (QED) is 0.643. The molecule has 0 spiro atoms. The number of anilines is 1. The van der Waals surface area contributed by atoms with E-state index in [9.17, 15) is 4.39 Å². The molecule has 0 saturated carbocycles. The highest BCUT2D eigenvalue weighted by Gasteiger charge is 2.08. The first-order chi connectivity index (χ1) is 9.69. The lowest BCUT2D eigenvalue weighted by atomic mass is 10.1. The van der Waals surface area contributed by atoms with Crippen molar-refractivity contribution in [1.29, 1.82) is 0 Å². The number of nitrogens with zero attached hydrogens (tertiary/aromatic N) is 1. The van der Waals surface area contributed by atoms with E-state index in [4.69, 9.17) is 9.84 Å². The second-order valence-corrected chi connectivity index (χ2v) is 4.66. The van der Waals surface area contributed by atoms with Gasteiger partial charge in [0, 0.05) is 33.4 Å². The zero-order chi connectivity index (χ0) is 14.8. The molecular weight excluding hydrogens is 259 g/mol. The van der Waals surface area contributed by atoms with Gasteiger partial charge in [-0.15, -0.1) is 0 Å². The molecule has 1 aromatic carbocycles. The van der Waals surface area contributed by atoms with Gasteiger partial charge in [-0.2, -0.15) is 0 Å². The molecule has 1 rings (SSSR count). The van der Waals surface area contributed by atoms with Gasteiger partial charge < -0.3 is 20.1 Å². The summed E-state index contributed by atoms with van der Waals surface area (Å²) in [5.74, 6) is -0.263. The number of hydrogen-bond donors (Lipinski definition) is 2. The molecule has 0 bridgehead atoms. The van der Waals surface area contributed by atoms with Crippen molar-refractivity contribution in [2.24, 2.45) is 0 Å². The maximum absolute atomic E-state index is 13.7. The standard InChI is InChI=1S/C15H25FN2O2/c1-3-20-10-4-7-17-12-13-5-6-14(16)15(11-13)18(2)8-9-19/h5-6,11,17,19H,3-4,7-10,12H2,1-2H3. The average molecular weight is 284 g/mol. The number of halogens is 1. The average Bonchev–Trinajstić information content (AvgIpc) is 2.44. The van der Waals surface area contributed by atoms with Crippen LogP contribution in [0.2, 0.25) is 0 Å². The SMILES string of the molecule is CCOCCCNCc1ccc(F)c(N(C)CCO)c1. The van der Waals surface area contributed by atoms with Crippen LogP contribution in [0.15, 0.2) is 18.2 Å². The Morgan fingerprint density at radius 2 is 2.20 bits per heavy atom. The summed E-state index contributed by atoms with van der Waals surface area (Å²) in [7, 11) is 1.77. The summed E-state index contributed by atoms with van der Waals surface area (Å²) in [6.07, 6.45) is 0.965. The number of benzene rings is 1. The van der Waals surface area contributed by atoms with Crippen LogP contribution in [0.1, 0.15) is 18.9 Å². The molecule has 114 valence electrons. The fraction of sp³-hybridized carbons (Fsp3) is 0.600. The van der Waals surface area contributed by atoms with Crippen LogP contribution in [0.3, 0.4) is 0 Å². The van der Waals surface area contributed by atoms with Gasteiger partial charge in [0.2, 0.25) is 0 Å². The molecule has 0 aliphatic carbocycles. The smallest absolute Gasteiger partial charge is 0.146 e. The van der Waals surface area contributed by atoms with E-state index in [1.807, 2.05) is 13.0 Å². The number of aliphatic hydroxyl groups excluding tert-OH is 1. The van der Waals surface area contributed by atoms with Gasteiger partial charge in [0.05, 0.1) is 12.3 Å². The molecule has 0 radical (unpaired) electrons. The molecule has 2 N–H and O–H groups in total. The summed E-state index contributed by atoms with van der Waals surface area (Å²) in [4.78, 5) is 1.72. The van der Waals surface area contributed by atoms with Gasteiger partial charge in [0.15, 0.2) is 0 Å². The summed E-state index contributed by atoms with van der Waals surface area (Å²) in [5.41, 5.74) is 1.55. The van der Waals surface area contributed by atoms with Crippen LogP contribution in [-0.2, 0) is 11.3 Å². The number of aliphatic hydroxyl groups is 1. The van der Waals surface area contributed by atoms with Crippen molar-refractivity contribution >= 4 is 5.69 Å². The predicted octanol–water partition coefficient (Wildman–Crippen LogP) is 1.77. The Morgan fingerprint density at radius 1 is 1.40 bits per heavy atom. The van der Waals surface area contributed by atoms with E-state index in [2.05, 4.69) is 5.32 Å². The molecule has 0 unspecified atom stereocenters. The first-order valence-electron chi connectivity index (χ1n) is 7.08. The van der Waals surface area contributed by atoms with Crippen molar-refractivity contribution in [3.63, 3.8) is 0 Å². The van der Waals surface area contributed by atoms with Gasteiger partial charge in [-0.1, -0.05) is 6.07 Å². The third-order valence-electron chi connectivity index (χ3n) is 3.03. The highest BCUT2D eigenvalue weighted by atomic mass is 19.1. The molecule has 20 heavy (non-hydrogen) atoms. The highest BCUT2D eigenvalue weighted by Crippen LogP contribution is 2.19. The Hall–Kier alpha value is -1.17. The van der Waals surface area contributed by atoms with Crippen LogP contribution >= 0.6 is 0 Å². The minimum absolute atomic E-state index is 0.00977. The number of rotatable bonds is 10. The fourth-order valence-electron chi connectivity index (χ4n) is 1.91. The van der Waals surface area contributed by atoms with Crippen LogP contribution in [0, 0.1) is 5.82 Å². The molecule has 0 heterocycles. The minimum atomic E-state index is -0.263. The monoisotopic (exact) mass is 284 g/mol. The zero-order valence-corrected chi connectivity index (χ0v) is 12.4. The molecular formula is C15H25FN2O2. The molecule has 0 aliphatic heterocycles. The second kappa shape index (κ2) is 9.69. The number of ether oxygens (including phenoxy) is 1.